The molecule has 6 heteroatoms. The van der Waals surface area contributed by atoms with Gasteiger partial charge in [-0.3, -0.25) is 0 Å². The molecule has 0 unspecified atom stereocenters. The topological polar surface area (TPSA) is 29.5 Å². The van der Waals surface area contributed by atoms with Gasteiger partial charge in [0, 0.05) is 13.1 Å². The third kappa shape index (κ3) is 3.65. The van der Waals surface area contributed by atoms with Crippen molar-refractivity contribution in [3.63, 3.8) is 0 Å². The van der Waals surface area contributed by atoms with Crippen LogP contribution in [-0.2, 0) is 6.18 Å². The largest absolute Gasteiger partial charge is 0.416 e. The molecule has 0 spiro atoms. The Morgan fingerprint density at radius 3 is 2.06 bits per heavy atom. The minimum atomic E-state index is -4.39. The smallest absolute Gasteiger partial charge is 0.410 e. The molecular weight excluding hydrogens is 247 g/mol. The van der Waals surface area contributed by atoms with E-state index in [-0.39, 0.29) is 5.75 Å². The summed E-state index contributed by atoms with van der Waals surface area (Å²) < 4.78 is 41.9. The second-order valence-corrected chi connectivity index (χ2v) is 3.56. The molecule has 0 saturated heterocycles. The van der Waals surface area contributed by atoms with E-state index in [1.54, 1.807) is 13.8 Å². The van der Waals surface area contributed by atoms with Gasteiger partial charge in [0.1, 0.15) is 5.75 Å². The highest BCUT2D eigenvalue weighted by atomic mass is 19.4. The Labute approximate surface area is 103 Å². The molecule has 0 heterocycles. The highest BCUT2D eigenvalue weighted by Gasteiger charge is 2.30. The van der Waals surface area contributed by atoms with Crippen molar-refractivity contribution in [3.8, 4) is 5.75 Å². The van der Waals surface area contributed by atoms with Crippen LogP contribution in [0.4, 0.5) is 18.0 Å². The summed E-state index contributed by atoms with van der Waals surface area (Å²) in [4.78, 5) is 13.0. The number of nitrogens with zero attached hydrogens (tertiary/aromatic N) is 1. The second-order valence-electron chi connectivity index (χ2n) is 3.56. The highest BCUT2D eigenvalue weighted by molar-refractivity contribution is 5.70. The van der Waals surface area contributed by atoms with Gasteiger partial charge in [-0.15, -0.1) is 0 Å². The maximum absolute atomic E-state index is 12.3. The molecule has 0 fully saturated rings. The van der Waals surface area contributed by atoms with Crippen molar-refractivity contribution < 1.29 is 22.7 Å². The predicted octanol–water partition coefficient (Wildman–Crippen LogP) is 3.55. The van der Waals surface area contributed by atoms with Crippen LogP contribution in [-0.4, -0.2) is 24.1 Å². The van der Waals surface area contributed by atoms with E-state index in [9.17, 15) is 18.0 Å². The van der Waals surface area contributed by atoms with Gasteiger partial charge in [0.2, 0.25) is 0 Å². The van der Waals surface area contributed by atoms with Gasteiger partial charge >= 0.3 is 12.3 Å². The van der Waals surface area contributed by atoms with Crippen molar-refractivity contribution in [2.24, 2.45) is 0 Å². The Hall–Kier alpha value is -1.72. The molecule has 1 amide bonds. The number of halogens is 3. The number of amides is 1. The maximum atomic E-state index is 12.3. The quantitative estimate of drug-likeness (QED) is 0.832. The molecule has 0 N–H and O–H groups in total. The molecule has 0 aliphatic rings. The lowest BCUT2D eigenvalue weighted by molar-refractivity contribution is -0.137. The Bertz CT molecular complexity index is 397. The van der Waals surface area contributed by atoms with Crippen molar-refractivity contribution in [1.29, 1.82) is 0 Å². The average Bonchev–Trinajstić information content (AvgIpc) is 2.30. The van der Waals surface area contributed by atoms with Gasteiger partial charge in [-0.05, 0) is 38.1 Å². The number of carbonyl (C=O) groups is 1. The van der Waals surface area contributed by atoms with E-state index in [4.69, 9.17) is 4.74 Å². The molecule has 0 bridgehead atoms. The fraction of sp³-hybridized carbons (Fsp3) is 0.417. The molecule has 18 heavy (non-hydrogen) atoms. The standard InChI is InChI=1S/C12H14F3NO2/c1-3-16(4-2)11(17)18-10-7-5-9(6-8-10)12(13,14)15/h5-8H,3-4H2,1-2H3. The predicted molar refractivity (Wildman–Crippen MR) is 60.4 cm³/mol. The normalized spacial score (nSPS) is 11.2. The fourth-order valence-corrected chi connectivity index (χ4v) is 1.36. The summed E-state index contributed by atoms with van der Waals surface area (Å²) in [5.41, 5.74) is -0.773. The zero-order valence-electron chi connectivity index (χ0n) is 10.1. The molecule has 0 aliphatic carbocycles. The van der Waals surface area contributed by atoms with Crippen LogP contribution < -0.4 is 4.74 Å². The summed E-state index contributed by atoms with van der Waals surface area (Å²) >= 11 is 0. The number of carbonyl (C=O) groups excluding carboxylic acids is 1. The Kier molecular flexibility index (Phi) is 4.58. The molecule has 1 aromatic carbocycles. The average molecular weight is 261 g/mol. The summed E-state index contributed by atoms with van der Waals surface area (Å²) in [5, 5.41) is 0. The second kappa shape index (κ2) is 5.75. The number of rotatable bonds is 3. The van der Waals surface area contributed by atoms with Crippen LogP contribution >= 0.6 is 0 Å². The van der Waals surface area contributed by atoms with Gasteiger partial charge < -0.3 is 9.64 Å². The van der Waals surface area contributed by atoms with Crippen LogP contribution in [0, 0.1) is 0 Å². The summed E-state index contributed by atoms with van der Waals surface area (Å²) in [6.07, 6.45) is -4.96. The fourth-order valence-electron chi connectivity index (χ4n) is 1.36. The van der Waals surface area contributed by atoms with Crippen molar-refractivity contribution in [2.75, 3.05) is 13.1 Å². The molecule has 3 nitrogen and oxygen atoms in total. The van der Waals surface area contributed by atoms with Crippen LogP contribution in [0.1, 0.15) is 19.4 Å². The van der Waals surface area contributed by atoms with Gasteiger partial charge in [0.25, 0.3) is 0 Å². The third-order valence-corrected chi connectivity index (χ3v) is 2.41. The number of ether oxygens (including phenoxy) is 1. The molecule has 1 rings (SSSR count). The first kappa shape index (κ1) is 14.3. The first-order chi connectivity index (χ1) is 8.38. The number of alkyl halides is 3. The number of hydrogen-bond acceptors (Lipinski definition) is 2. The van der Waals surface area contributed by atoms with Gasteiger partial charge in [-0.2, -0.15) is 13.2 Å². The molecule has 1 aromatic rings. The van der Waals surface area contributed by atoms with Gasteiger partial charge in [-0.25, -0.2) is 4.79 Å². The molecule has 0 radical (unpaired) electrons. The van der Waals surface area contributed by atoms with Gasteiger partial charge in [-0.1, -0.05) is 0 Å². The number of benzene rings is 1. The molecular formula is C12H14F3NO2. The minimum Gasteiger partial charge on any atom is -0.410 e. The lowest BCUT2D eigenvalue weighted by Gasteiger charge is -2.17. The number of hydrogen-bond donors (Lipinski definition) is 0. The van der Waals surface area contributed by atoms with Crippen molar-refractivity contribution >= 4 is 6.09 Å². The lowest BCUT2D eigenvalue weighted by atomic mass is 10.2. The third-order valence-electron chi connectivity index (χ3n) is 2.41. The van der Waals surface area contributed by atoms with E-state index in [2.05, 4.69) is 0 Å². The zero-order chi connectivity index (χ0) is 13.8. The van der Waals surface area contributed by atoms with Gasteiger partial charge in [0.05, 0.1) is 5.56 Å². The molecule has 100 valence electrons. The zero-order valence-corrected chi connectivity index (χ0v) is 10.1. The Morgan fingerprint density at radius 2 is 1.67 bits per heavy atom. The summed E-state index contributed by atoms with van der Waals surface area (Å²) in [6.45, 7) is 4.54. The van der Waals surface area contributed by atoms with E-state index in [1.165, 1.54) is 4.90 Å². The Morgan fingerprint density at radius 1 is 1.17 bits per heavy atom. The SMILES string of the molecule is CCN(CC)C(=O)Oc1ccc(C(F)(F)F)cc1. The van der Waals surface area contributed by atoms with Crippen LogP contribution in [0.5, 0.6) is 5.75 Å². The van der Waals surface area contributed by atoms with E-state index >= 15 is 0 Å². The maximum Gasteiger partial charge on any atom is 0.416 e. The van der Waals surface area contributed by atoms with Crippen LogP contribution in [0.3, 0.4) is 0 Å². The van der Waals surface area contributed by atoms with Crippen LogP contribution in [0.15, 0.2) is 24.3 Å². The highest BCUT2D eigenvalue weighted by Crippen LogP contribution is 2.30. The lowest BCUT2D eigenvalue weighted by Crippen LogP contribution is -2.33. The van der Waals surface area contributed by atoms with Crippen LogP contribution in [0.25, 0.3) is 0 Å². The first-order valence-corrected chi connectivity index (χ1v) is 5.52. The molecule has 0 saturated carbocycles. The summed E-state index contributed by atoms with van der Waals surface area (Å²) in [7, 11) is 0. The van der Waals surface area contributed by atoms with E-state index in [1.807, 2.05) is 0 Å². The minimum absolute atomic E-state index is 0.0971. The van der Waals surface area contributed by atoms with Crippen molar-refractivity contribution in [2.45, 2.75) is 20.0 Å². The molecule has 0 aliphatic heterocycles. The van der Waals surface area contributed by atoms with E-state index < -0.39 is 17.8 Å². The first-order valence-electron chi connectivity index (χ1n) is 5.52. The molecule has 0 atom stereocenters. The van der Waals surface area contributed by atoms with Crippen LogP contribution in [0.2, 0.25) is 0 Å². The van der Waals surface area contributed by atoms with E-state index in [0.717, 1.165) is 24.3 Å². The van der Waals surface area contributed by atoms with Crippen molar-refractivity contribution in [3.05, 3.63) is 29.8 Å². The molecule has 0 aromatic heterocycles. The Balaban J connectivity index is 2.72. The summed E-state index contributed by atoms with van der Waals surface area (Å²) in [6, 6.07) is 4.02. The van der Waals surface area contributed by atoms with Crippen molar-refractivity contribution in [1.82, 2.24) is 4.90 Å². The summed E-state index contributed by atoms with van der Waals surface area (Å²) in [5.74, 6) is 0.0971. The van der Waals surface area contributed by atoms with Gasteiger partial charge in [0.15, 0.2) is 0 Å². The monoisotopic (exact) mass is 261 g/mol. The van der Waals surface area contributed by atoms with E-state index in [0.29, 0.717) is 13.1 Å².